The number of carboxylic acids is 1. The van der Waals surface area contributed by atoms with Crippen molar-refractivity contribution in [3.05, 3.63) is 70.2 Å². The number of methoxy groups -OCH3 is 1. The van der Waals surface area contributed by atoms with Crippen molar-refractivity contribution in [1.82, 2.24) is 4.98 Å². The van der Waals surface area contributed by atoms with Crippen LogP contribution in [-0.4, -0.2) is 23.2 Å². The molecule has 1 aromatic heterocycles. The van der Waals surface area contributed by atoms with E-state index in [0.717, 1.165) is 16.1 Å². The maximum Gasteiger partial charge on any atom is 0.304 e. The highest BCUT2D eigenvalue weighted by Gasteiger charge is 2.21. The van der Waals surface area contributed by atoms with Gasteiger partial charge >= 0.3 is 5.97 Å². The fourth-order valence-electron chi connectivity index (χ4n) is 2.93. The highest BCUT2D eigenvalue weighted by Crippen LogP contribution is 2.36. The van der Waals surface area contributed by atoms with E-state index >= 15 is 0 Å². The van der Waals surface area contributed by atoms with Gasteiger partial charge in [-0.15, -0.1) is 11.3 Å². The lowest BCUT2D eigenvalue weighted by atomic mass is 9.91. The van der Waals surface area contributed by atoms with Crippen molar-refractivity contribution >= 4 is 17.3 Å². The van der Waals surface area contributed by atoms with E-state index in [4.69, 9.17) is 4.74 Å². The molecule has 3 aromatic rings. The van der Waals surface area contributed by atoms with Crippen LogP contribution in [0.25, 0.3) is 11.1 Å². The molecule has 0 aliphatic heterocycles. The Kier molecular flexibility index (Phi) is 5.30. The molecule has 2 aromatic carbocycles. The molecule has 0 saturated heterocycles. The second-order valence-corrected chi connectivity index (χ2v) is 6.57. The molecule has 1 atom stereocenters. The van der Waals surface area contributed by atoms with Crippen LogP contribution in [0, 0.1) is 11.3 Å². The van der Waals surface area contributed by atoms with Gasteiger partial charge in [-0.2, -0.15) is 5.26 Å². The number of nitriles is 1. The number of carbonyl (C=O) groups is 1. The van der Waals surface area contributed by atoms with Crippen LogP contribution < -0.4 is 4.74 Å². The third-order valence-corrected chi connectivity index (χ3v) is 4.96. The normalized spacial score (nSPS) is 11.5. The van der Waals surface area contributed by atoms with E-state index in [0.29, 0.717) is 16.9 Å². The van der Waals surface area contributed by atoms with Crippen LogP contribution >= 0.6 is 11.3 Å². The molecule has 130 valence electrons. The molecule has 0 bridgehead atoms. The van der Waals surface area contributed by atoms with Gasteiger partial charge in [0.25, 0.3) is 0 Å². The van der Waals surface area contributed by atoms with Crippen molar-refractivity contribution in [3.63, 3.8) is 0 Å². The van der Waals surface area contributed by atoms with Gasteiger partial charge in [0.2, 0.25) is 0 Å². The molecule has 0 aliphatic carbocycles. The summed E-state index contributed by atoms with van der Waals surface area (Å²) >= 11 is 1.43. The molecule has 26 heavy (non-hydrogen) atoms. The number of benzene rings is 2. The van der Waals surface area contributed by atoms with Crippen LogP contribution in [0.5, 0.6) is 5.75 Å². The van der Waals surface area contributed by atoms with Crippen LogP contribution in [0.2, 0.25) is 0 Å². The number of nitrogens with zero attached hydrogens (tertiary/aromatic N) is 2. The summed E-state index contributed by atoms with van der Waals surface area (Å²) in [5.41, 5.74) is 2.86. The maximum absolute atomic E-state index is 11.3. The Bertz CT molecular complexity index is 961. The van der Waals surface area contributed by atoms with Gasteiger partial charge in [0.15, 0.2) is 0 Å². The first-order chi connectivity index (χ1) is 12.6. The monoisotopic (exact) mass is 364 g/mol. The summed E-state index contributed by atoms with van der Waals surface area (Å²) in [5.74, 6) is -0.622. The predicted molar refractivity (Wildman–Crippen MR) is 99.4 cm³/mol. The second-order valence-electron chi connectivity index (χ2n) is 5.64. The molecule has 0 fully saturated rings. The van der Waals surface area contributed by atoms with Crippen molar-refractivity contribution in [3.8, 4) is 22.9 Å². The maximum atomic E-state index is 11.3. The zero-order valence-electron chi connectivity index (χ0n) is 14.0. The summed E-state index contributed by atoms with van der Waals surface area (Å²) in [6.07, 6.45) is 1.63. The Morgan fingerprint density at radius 3 is 2.81 bits per heavy atom. The van der Waals surface area contributed by atoms with Crippen LogP contribution in [0.15, 0.2) is 54.0 Å². The molecule has 0 radical (unpaired) electrons. The molecule has 6 heteroatoms. The van der Waals surface area contributed by atoms with Gasteiger partial charge in [0.05, 0.1) is 25.2 Å². The number of ether oxygens (including phenoxy) is 1. The Hall–Kier alpha value is -3.17. The van der Waals surface area contributed by atoms with Gasteiger partial charge < -0.3 is 9.84 Å². The van der Waals surface area contributed by atoms with E-state index in [2.05, 4.69) is 11.1 Å². The van der Waals surface area contributed by atoms with Gasteiger partial charge in [-0.3, -0.25) is 4.79 Å². The fourth-order valence-corrected chi connectivity index (χ4v) is 3.70. The van der Waals surface area contributed by atoms with Gasteiger partial charge in [-0.1, -0.05) is 30.3 Å². The second kappa shape index (κ2) is 7.81. The SMILES string of the molecule is COc1cccc(C#N)c1-c1cccc(C(CC(=O)O)c2nccs2)c1. The third-order valence-electron chi connectivity index (χ3n) is 4.07. The number of aromatic nitrogens is 1. The van der Waals surface area contributed by atoms with Crippen molar-refractivity contribution in [2.45, 2.75) is 12.3 Å². The van der Waals surface area contributed by atoms with Gasteiger partial charge in [0, 0.05) is 23.1 Å². The van der Waals surface area contributed by atoms with Crippen molar-refractivity contribution in [2.24, 2.45) is 0 Å². The first-order valence-electron chi connectivity index (χ1n) is 7.92. The molecule has 0 spiro atoms. The lowest BCUT2D eigenvalue weighted by molar-refractivity contribution is -0.137. The third kappa shape index (κ3) is 3.58. The van der Waals surface area contributed by atoms with Crippen LogP contribution in [-0.2, 0) is 4.79 Å². The quantitative estimate of drug-likeness (QED) is 0.705. The van der Waals surface area contributed by atoms with E-state index in [-0.39, 0.29) is 12.3 Å². The fraction of sp³-hybridized carbons (Fsp3) is 0.150. The number of rotatable bonds is 6. The Morgan fingerprint density at radius 2 is 2.15 bits per heavy atom. The lowest BCUT2D eigenvalue weighted by Gasteiger charge is -2.16. The largest absolute Gasteiger partial charge is 0.496 e. The zero-order chi connectivity index (χ0) is 18.5. The number of hydrogen-bond acceptors (Lipinski definition) is 5. The standard InChI is InChI=1S/C20H16N2O3S/c1-25-17-7-3-6-15(12-21)19(17)14-5-2-4-13(10-14)16(11-18(23)24)20-22-8-9-26-20/h2-10,16H,11H2,1H3,(H,23,24). The van der Waals surface area contributed by atoms with Crippen LogP contribution in [0.3, 0.4) is 0 Å². The molecule has 1 N–H and O–H groups in total. The minimum atomic E-state index is -0.884. The number of aliphatic carboxylic acids is 1. The molecule has 0 aliphatic rings. The van der Waals surface area contributed by atoms with Gasteiger partial charge in [0.1, 0.15) is 10.8 Å². The molecule has 5 nitrogen and oxygen atoms in total. The lowest BCUT2D eigenvalue weighted by Crippen LogP contribution is -2.08. The summed E-state index contributed by atoms with van der Waals surface area (Å²) in [6.45, 7) is 0. The minimum absolute atomic E-state index is 0.0476. The molecule has 0 amide bonds. The van der Waals surface area contributed by atoms with E-state index in [1.165, 1.54) is 11.3 Å². The molecule has 3 rings (SSSR count). The first-order valence-corrected chi connectivity index (χ1v) is 8.80. The Labute approximate surface area is 155 Å². The number of carboxylic acid groups (broad SMARTS) is 1. The van der Waals surface area contributed by atoms with E-state index in [9.17, 15) is 15.2 Å². The van der Waals surface area contributed by atoms with E-state index in [1.807, 2.05) is 29.6 Å². The summed E-state index contributed by atoms with van der Waals surface area (Å²) in [6, 6.07) is 15.1. The highest BCUT2D eigenvalue weighted by atomic mass is 32.1. The highest BCUT2D eigenvalue weighted by molar-refractivity contribution is 7.09. The summed E-state index contributed by atoms with van der Waals surface area (Å²) in [7, 11) is 1.56. The minimum Gasteiger partial charge on any atom is -0.496 e. The smallest absolute Gasteiger partial charge is 0.304 e. The zero-order valence-corrected chi connectivity index (χ0v) is 14.9. The van der Waals surface area contributed by atoms with Gasteiger partial charge in [-0.05, 0) is 23.3 Å². The van der Waals surface area contributed by atoms with Gasteiger partial charge in [-0.25, -0.2) is 4.98 Å². The first kappa shape index (κ1) is 17.6. The van der Waals surface area contributed by atoms with Crippen molar-refractivity contribution in [2.75, 3.05) is 7.11 Å². The average Bonchev–Trinajstić information content (AvgIpc) is 3.19. The van der Waals surface area contributed by atoms with E-state index < -0.39 is 5.97 Å². The van der Waals surface area contributed by atoms with E-state index in [1.54, 1.807) is 31.5 Å². The number of hydrogen-bond donors (Lipinski definition) is 1. The summed E-state index contributed by atoms with van der Waals surface area (Å²) in [5, 5.41) is 21.4. The Morgan fingerprint density at radius 1 is 1.35 bits per heavy atom. The average molecular weight is 364 g/mol. The summed E-state index contributed by atoms with van der Waals surface area (Å²) < 4.78 is 5.42. The Balaban J connectivity index is 2.12. The molecule has 1 unspecified atom stereocenters. The number of thiazole rings is 1. The van der Waals surface area contributed by atoms with Crippen LogP contribution in [0.4, 0.5) is 0 Å². The topological polar surface area (TPSA) is 83.2 Å². The summed E-state index contributed by atoms with van der Waals surface area (Å²) in [4.78, 5) is 15.6. The van der Waals surface area contributed by atoms with Crippen molar-refractivity contribution < 1.29 is 14.6 Å². The molecular formula is C20H16N2O3S. The molecule has 0 saturated carbocycles. The molecule has 1 heterocycles. The van der Waals surface area contributed by atoms with Crippen molar-refractivity contribution in [1.29, 1.82) is 5.26 Å². The predicted octanol–water partition coefficient (Wildman–Crippen LogP) is 4.30. The van der Waals surface area contributed by atoms with Crippen LogP contribution in [0.1, 0.15) is 28.5 Å². The molecular weight excluding hydrogens is 348 g/mol.